The normalized spacial score (nSPS) is 15.3. The zero-order valence-electron chi connectivity index (χ0n) is 17.7. The fourth-order valence-electron chi connectivity index (χ4n) is 3.82. The summed E-state index contributed by atoms with van der Waals surface area (Å²) in [5.41, 5.74) is 2.47. The van der Waals surface area contributed by atoms with E-state index in [0.717, 1.165) is 6.42 Å². The van der Waals surface area contributed by atoms with Crippen molar-refractivity contribution in [2.24, 2.45) is 7.05 Å². The average Bonchev–Trinajstić information content (AvgIpc) is 3.59. The van der Waals surface area contributed by atoms with Crippen molar-refractivity contribution in [3.63, 3.8) is 0 Å². The number of tetrazole rings is 1. The van der Waals surface area contributed by atoms with Crippen LogP contribution in [-0.2, 0) is 18.3 Å². The second kappa shape index (κ2) is 9.46. The quantitative estimate of drug-likeness (QED) is 0.408. The molecular formula is C22H20N6O2S3. The summed E-state index contributed by atoms with van der Waals surface area (Å²) in [7, 11) is 1.72. The number of aryl methyl sites for hydroxylation is 1. The zero-order valence-corrected chi connectivity index (χ0v) is 20.1. The summed E-state index contributed by atoms with van der Waals surface area (Å²) in [5, 5.41) is 18.7. The lowest BCUT2D eigenvalue weighted by Gasteiger charge is -2.35. The molecule has 4 aromatic rings. The molecule has 0 aliphatic carbocycles. The Morgan fingerprint density at radius 2 is 2.00 bits per heavy atom. The van der Waals surface area contributed by atoms with Gasteiger partial charge in [-0.05, 0) is 69.6 Å². The van der Waals surface area contributed by atoms with E-state index in [-0.39, 0.29) is 23.6 Å². The molecule has 0 radical (unpaired) electrons. The SMILES string of the molecule is Cn1nnnc1SCC(=O)Nc1ccc(C(=O)N2CCc3sccc3C2c2cccs2)cc1. The summed E-state index contributed by atoms with van der Waals surface area (Å²) in [5.74, 6) is 0.0167. The van der Waals surface area contributed by atoms with E-state index >= 15 is 0 Å². The molecule has 1 aromatic carbocycles. The van der Waals surface area contributed by atoms with Gasteiger partial charge in [-0.1, -0.05) is 17.8 Å². The second-order valence-electron chi connectivity index (χ2n) is 7.46. The molecule has 3 aromatic heterocycles. The van der Waals surface area contributed by atoms with Gasteiger partial charge in [0.25, 0.3) is 5.91 Å². The van der Waals surface area contributed by atoms with Gasteiger partial charge in [0.2, 0.25) is 11.1 Å². The molecule has 2 amide bonds. The van der Waals surface area contributed by atoms with Gasteiger partial charge in [-0.25, -0.2) is 4.68 Å². The van der Waals surface area contributed by atoms with Crippen LogP contribution in [0.3, 0.4) is 0 Å². The van der Waals surface area contributed by atoms with E-state index in [2.05, 4.69) is 43.7 Å². The molecule has 33 heavy (non-hydrogen) atoms. The Labute approximate surface area is 202 Å². The third-order valence-corrected chi connectivity index (χ3v) is 8.30. The number of hydrogen-bond acceptors (Lipinski definition) is 8. The van der Waals surface area contributed by atoms with Gasteiger partial charge in [0.15, 0.2) is 0 Å². The summed E-state index contributed by atoms with van der Waals surface area (Å²) >= 11 is 4.69. The van der Waals surface area contributed by atoms with E-state index < -0.39 is 0 Å². The first-order valence-corrected chi connectivity index (χ1v) is 13.0. The smallest absolute Gasteiger partial charge is 0.254 e. The maximum atomic E-state index is 13.5. The molecule has 1 atom stereocenters. The molecule has 1 aliphatic heterocycles. The number of rotatable bonds is 6. The Morgan fingerprint density at radius 1 is 1.15 bits per heavy atom. The molecule has 0 saturated heterocycles. The van der Waals surface area contributed by atoms with Crippen molar-refractivity contribution in [1.29, 1.82) is 0 Å². The fraction of sp³-hybridized carbons (Fsp3) is 0.227. The number of thiophene rings is 2. The van der Waals surface area contributed by atoms with Crippen molar-refractivity contribution in [1.82, 2.24) is 25.1 Å². The van der Waals surface area contributed by atoms with Crippen LogP contribution in [0.2, 0.25) is 0 Å². The highest BCUT2D eigenvalue weighted by atomic mass is 32.2. The molecule has 1 unspecified atom stereocenters. The fourth-order valence-corrected chi connectivity index (χ4v) is 6.23. The van der Waals surface area contributed by atoms with Gasteiger partial charge in [-0.2, -0.15) is 0 Å². The van der Waals surface area contributed by atoms with Crippen molar-refractivity contribution in [3.8, 4) is 0 Å². The highest BCUT2D eigenvalue weighted by molar-refractivity contribution is 7.99. The monoisotopic (exact) mass is 496 g/mol. The maximum absolute atomic E-state index is 13.5. The van der Waals surface area contributed by atoms with Crippen LogP contribution < -0.4 is 5.32 Å². The van der Waals surface area contributed by atoms with Crippen molar-refractivity contribution in [2.45, 2.75) is 17.6 Å². The number of aromatic nitrogens is 4. The van der Waals surface area contributed by atoms with Gasteiger partial charge in [-0.15, -0.1) is 27.8 Å². The molecule has 0 fully saturated rings. The first-order chi connectivity index (χ1) is 16.1. The number of thioether (sulfide) groups is 1. The molecule has 168 valence electrons. The predicted octanol–water partition coefficient (Wildman–Crippen LogP) is 3.85. The Morgan fingerprint density at radius 3 is 2.73 bits per heavy atom. The number of nitrogens with zero attached hydrogens (tertiary/aromatic N) is 5. The molecule has 0 spiro atoms. The Bertz CT molecular complexity index is 1270. The number of fused-ring (bicyclic) bond motifs is 1. The first-order valence-electron chi connectivity index (χ1n) is 10.3. The number of hydrogen-bond donors (Lipinski definition) is 1. The van der Waals surface area contributed by atoms with E-state index in [1.54, 1.807) is 54.0 Å². The van der Waals surface area contributed by atoms with Crippen molar-refractivity contribution >= 4 is 51.9 Å². The third-order valence-electron chi connectivity index (χ3n) is 5.37. The maximum Gasteiger partial charge on any atom is 0.254 e. The summed E-state index contributed by atoms with van der Waals surface area (Å²) in [6.45, 7) is 0.682. The second-order valence-corrected chi connectivity index (χ2v) is 10.4. The third kappa shape index (κ3) is 4.56. The average molecular weight is 497 g/mol. The van der Waals surface area contributed by atoms with Crippen LogP contribution in [0.25, 0.3) is 0 Å². The van der Waals surface area contributed by atoms with Crippen molar-refractivity contribution in [3.05, 3.63) is 74.1 Å². The van der Waals surface area contributed by atoms with E-state index in [0.29, 0.717) is 23.0 Å². The van der Waals surface area contributed by atoms with E-state index in [4.69, 9.17) is 0 Å². The molecule has 8 nitrogen and oxygen atoms in total. The Hall–Kier alpha value is -3.02. The van der Waals surface area contributed by atoms with Crippen molar-refractivity contribution in [2.75, 3.05) is 17.6 Å². The predicted molar refractivity (Wildman–Crippen MR) is 130 cm³/mol. The highest BCUT2D eigenvalue weighted by Gasteiger charge is 2.33. The summed E-state index contributed by atoms with van der Waals surface area (Å²) in [6, 6.07) is 13.3. The summed E-state index contributed by atoms with van der Waals surface area (Å²) < 4.78 is 1.52. The van der Waals surface area contributed by atoms with Crippen molar-refractivity contribution < 1.29 is 9.59 Å². The number of anilines is 1. The minimum atomic E-state index is -0.166. The van der Waals surface area contributed by atoms with Crippen LogP contribution in [0.4, 0.5) is 5.69 Å². The van der Waals surface area contributed by atoms with Gasteiger partial charge >= 0.3 is 0 Å². The molecule has 1 aliphatic rings. The topological polar surface area (TPSA) is 93.0 Å². The number of amides is 2. The van der Waals surface area contributed by atoms with Crippen LogP contribution in [0.15, 0.2) is 58.4 Å². The summed E-state index contributed by atoms with van der Waals surface area (Å²) in [6.07, 6.45) is 0.869. The van der Waals surface area contributed by atoms with E-state index in [1.165, 1.54) is 31.8 Å². The van der Waals surface area contributed by atoms with Crippen LogP contribution >= 0.6 is 34.4 Å². The molecule has 11 heteroatoms. The number of nitrogens with one attached hydrogen (secondary N) is 1. The molecule has 1 N–H and O–H groups in total. The number of benzene rings is 1. The standard InChI is InChI=1S/C22H20N6O2S3/c1-27-22(24-25-26-27)33-13-19(29)23-15-6-4-14(5-7-15)21(30)28-10-8-17-16(9-12-32-17)20(28)18-3-2-11-31-18/h2-7,9,11-12,20H,8,10,13H2,1H3,(H,23,29). The van der Waals surface area contributed by atoms with Gasteiger partial charge in [0.05, 0.1) is 11.8 Å². The van der Waals surface area contributed by atoms with Crippen LogP contribution in [0.5, 0.6) is 0 Å². The lowest BCUT2D eigenvalue weighted by molar-refractivity contribution is -0.113. The Kier molecular flexibility index (Phi) is 6.25. The number of carbonyl (C=O) groups excluding carboxylic acids is 2. The minimum Gasteiger partial charge on any atom is -0.326 e. The first kappa shape index (κ1) is 21.8. The molecule has 0 saturated carbocycles. The highest BCUT2D eigenvalue weighted by Crippen LogP contribution is 2.40. The van der Waals surface area contributed by atoms with Gasteiger partial charge in [0.1, 0.15) is 0 Å². The van der Waals surface area contributed by atoms with E-state index in [1.807, 2.05) is 11.0 Å². The van der Waals surface area contributed by atoms with Crippen LogP contribution in [0, 0.1) is 0 Å². The van der Waals surface area contributed by atoms with Crippen LogP contribution in [0.1, 0.15) is 31.7 Å². The molecule has 4 heterocycles. The Balaban J connectivity index is 1.27. The largest absolute Gasteiger partial charge is 0.326 e. The van der Waals surface area contributed by atoms with Gasteiger partial charge in [0, 0.05) is 34.6 Å². The lowest BCUT2D eigenvalue weighted by atomic mass is 9.97. The number of carbonyl (C=O) groups is 2. The van der Waals surface area contributed by atoms with Crippen LogP contribution in [-0.4, -0.2) is 49.2 Å². The lowest BCUT2D eigenvalue weighted by Crippen LogP contribution is -2.39. The minimum absolute atomic E-state index is 0.00605. The van der Waals surface area contributed by atoms with Gasteiger partial charge in [-0.3, -0.25) is 9.59 Å². The molecule has 0 bridgehead atoms. The molecular weight excluding hydrogens is 476 g/mol. The zero-order chi connectivity index (χ0) is 22.8. The molecule has 5 rings (SSSR count). The van der Waals surface area contributed by atoms with E-state index in [9.17, 15) is 9.59 Å². The van der Waals surface area contributed by atoms with Gasteiger partial charge < -0.3 is 10.2 Å². The summed E-state index contributed by atoms with van der Waals surface area (Å²) in [4.78, 5) is 30.2.